The van der Waals surface area contributed by atoms with E-state index < -0.39 is 0 Å². The van der Waals surface area contributed by atoms with E-state index in [2.05, 4.69) is 27.2 Å². The molecular weight excluding hydrogens is 226 g/mol. The summed E-state index contributed by atoms with van der Waals surface area (Å²) in [6.07, 6.45) is 7.49. The highest BCUT2D eigenvalue weighted by molar-refractivity contribution is 5.37. The smallest absolute Gasteiger partial charge is 0.158 e. The number of nitriles is 1. The van der Waals surface area contributed by atoms with Gasteiger partial charge in [0.25, 0.3) is 0 Å². The van der Waals surface area contributed by atoms with Crippen LogP contribution in [-0.4, -0.2) is 15.0 Å². The Balaban J connectivity index is 2.13. The Morgan fingerprint density at radius 1 is 1.28 bits per heavy atom. The van der Waals surface area contributed by atoms with Crippen LogP contribution in [0.5, 0.6) is 0 Å². The molecule has 1 atom stereocenters. The minimum Gasteiger partial charge on any atom is -0.362 e. The molecule has 1 unspecified atom stereocenters. The predicted octanol–water partition coefficient (Wildman–Crippen LogP) is 2.31. The molecule has 2 rings (SSSR count). The molecule has 0 bridgehead atoms. The third kappa shape index (κ3) is 2.80. The zero-order valence-electron chi connectivity index (χ0n) is 10.0. The van der Waals surface area contributed by atoms with E-state index >= 15 is 0 Å². The standard InChI is InChI=1S/C13H13N5/c1-2-12(10-3-5-15-6-4-10)18-13-9-16-11(7-14)8-17-13/h3-6,8-9,12H,2H2,1H3,(H,17,18). The van der Waals surface area contributed by atoms with Crippen molar-refractivity contribution in [2.45, 2.75) is 19.4 Å². The van der Waals surface area contributed by atoms with Gasteiger partial charge in [-0.1, -0.05) is 6.92 Å². The quantitative estimate of drug-likeness (QED) is 0.886. The van der Waals surface area contributed by atoms with Gasteiger partial charge in [0.15, 0.2) is 5.69 Å². The van der Waals surface area contributed by atoms with Crippen molar-refractivity contribution in [2.24, 2.45) is 0 Å². The highest BCUT2D eigenvalue weighted by atomic mass is 15.0. The zero-order valence-corrected chi connectivity index (χ0v) is 10.0. The molecule has 5 heteroatoms. The van der Waals surface area contributed by atoms with Gasteiger partial charge in [-0.05, 0) is 24.1 Å². The lowest BCUT2D eigenvalue weighted by Crippen LogP contribution is -2.11. The molecule has 90 valence electrons. The first-order valence-corrected chi connectivity index (χ1v) is 5.72. The van der Waals surface area contributed by atoms with Crippen molar-refractivity contribution in [3.05, 3.63) is 48.2 Å². The van der Waals surface area contributed by atoms with Crippen LogP contribution in [0.25, 0.3) is 0 Å². The maximum atomic E-state index is 8.65. The molecule has 0 aliphatic carbocycles. The van der Waals surface area contributed by atoms with E-state index in [-0.39, 0.29) is 6.04 Å². The molecule has 2 aromatic rings. The largest absolute Gasteiger partial charge is 0.362 e. The van der Waals surface area contributed by atoms with Crippen molar-refractivity contribution in [1.82, 2.24) is 15.0 Å². The SMILES string of the molecule is CCC(Nc1cnc(C#N)cn1)c1ccncc1. The first kappa shape index (κ1) is 12.0. The van der Waals surface area contributed by atoms with Gasteiger partial charge in [0, 0.05) is 12.4 Å². The Kier molecular flexibility index (Phi) is 3.82. The summed E-state index contributed by atoms with van der Waals surface area (Å²) in [7, 11) is 0. The zero-order chi connectivity index (χ0) is 12.8. The number of hydrogen-bond donors (Lipinski definition) is 1. The lowest BCUT2D eigenvalue weighted by atomic mass is 10.1. The normalized spacial score (nSPS) is 11.6. The van der Waals surface area contributed by atoms with E-state index in [4.69, 9.17) is 5.26 Å². The van der Waals surface area contributed by atoms with E-state index in [9.17, 15) is 0 Å². The van der Waals surface area contributed by atoms with Crippen LogP contribution in [0.2, 0.25) is 0 Å². The van der Waals surface area contributed by atoms with Crippen molar-refractivity contribution in [1.29, 1.82) is 5.26 Å². The summed E-state index contributed by atoms with van der Waals surface area (Å²) < 4.78 is 0. The summed E-state index contributed by atoms with van der Waals surface area (Å²) in [5.74, 6) is 0.665. The van der Waals surface area contributed by atoms with Crippen LogP contribution in [0.15, 0.2) is 36.9 Å². The fourth-order valence-corrected chi connectivity index (χ4v) is 1.66. The molecule has 0 spiro atoms. The Hall–Kier alpha value is -2.48. The van der Waals surface area contributed by atoms with Crippen molar-refractivity contribution in [3.63, 3.8) is 0 Å². The second kappa shape index (κ2) is 5.73. The average Bonchev–Trinajstić information content (AvgIpc) is 2.46. The summed E-state index contributed by atoms with van der Waals surface area (Å²) in [5, 5.41) is 11.9. The molecule has 5 nitrogen and oxygen atoms in total. The highest BCUT2D eigenvalue weighted by Gasteiger charge is 2.09. The second-order valence-corrected chi connectivity index (χ2v) is 3.78. The molecule has 0 fully saturated rings. The van der Waals surface area contributed by atoms with Gasteiger partial charge < -0.3 is 5.32 Å². The molecule has 0 radical (unpaired) electrons. The predicted molar refractivity (Wildman–Crippen MR) is 67.6 cm³/mol. The molecule has 0 aliphatic rings. The number of nitrogens with zero attached hydrogens (tertiary/aromatic N) is 4. The van der Waals surface area contributed by atoms with Crippen molar-refractivity contribution in [3.8, 4) is 6.07 Å². The summed E-state index contributed by atoms with van der Waals surface area (Å²) in [4.78, 5) is 12.1. The number of aromatic nitrogens is 3. The highest BCUT2D eigenvalue weighted by Crippen LogP contribution is 2.20. The minimum absolute atomic E-state index is 0.162. The first-order valence-electron chi connectivity index (χ1n) is 5.72. The van der Waals surface area contributed by atoms with E-state index in [1.54, 1.807) is 18.6 Å². The summed E-state index contributed by atoms with van der Waals surface area (Å²) in [5.41, 5.74) is 1.47. The Morgan fingerprint density at radius 2 is 2.06 bits per heavy atom. The lowest BCUT2D eigenvalue weighted by molar-refractivity contribution is 0.742. The molecule has 2 heterocycles. The van der Waals surface area contributed by atoms with Crippen LogP contribution in [-0.2, 0) is 0 Å². The monoisotopic (exact) mass is 239 g/mol. The maximum Gasteiger partial charge on any atom is 0.158 e. The van der Waals surface area contributed by atoms with E-state index in [1.165, 1.54) is 6.20 Å². The van der Waals surface area contributed by atoms with Crippen LogP contribution in [0, 0.1) is 11.3 Å². The number of pyridine rings is 1. The fourth-order valence-electron chi connectivity index (χ4n) is 1.66. The summed E-state index contributed by atoms with van der Waals surface area (Å²) in [6.45, 7) is 2.09. The Morgan fingerprint density at radius 3 is 2.61 bits per heavy atom. The summed E-state index contributed by atoms with van der Waals surface area (Å²) in [6, 6.07) is 6.05. The number of rotatable bonds is 4. The molecule has 0 saturated carbocycles. The van der Waals surface area contributed by atoms with Gasteiger partial charge in [0.2, 0.25) is 0 Å². The van der Waals surface area contributed by atoms with E-state index in [1.807, 2.05) is 18.2 Å². The number of anilines is 1. The third-order valence-electron chi connectivity index (χ3n) is 2.61. The molecule has 0 amide bonds. The van der Waals surface area contributed by atoms with E-state index in [0.29, 0.717) is 11.5 Å². The van der Waals surface area contributed by atoms with Gasteiger partial charge >= 0.3 is 0 Å². The molecule has 1 N–H and O–H groups in total. The minimum atomic E-state index is 0.162. The Bertz CT molecular complexity index is 530. The van der Waals surface area contributed by atoms with Crippen molar-refractivity contribution in [2.75, 3.05) is 5.32 Å². The molecule has 0 aromatic carbocycles. The van der Waals surface area contributed by atoms with Gasteiger partial charge in [-0.15, -0.1) is 0 Å². The first-order chi connectivity index (χ1) is 8.83. The van der Waals surface area contributed by atoms with Crippen LogP contribution in [0.1, 0.15) is 30.6 Å². The molecule has 0 saturated heterocycles. The van der Waals surface area contributed by atoms with Crippen LogP contribution < -0.4 is 5.32 Å². The topological polar surface area (TPSA) is 74.5 Å². The number of hydrogen-bond acceptors (Lipinski definition) is 5. The van der Waals surface area contributed by atoms with Crippen LogP contribution >= 0.6 is 0 Å². The van der Waals surface area contributed by atoms with Crippen LogP contribution in [0.4, 0.5) is 5.82 Å². The average molecular weight is 239 g/mol. The van der Waals surface area contributed by atoms with Crippen LogP contribution in [0.3, 0.4) is 0 Å². The van der Waals surface area contributed by atoms with Crippen molar-refractivity contribution < 1.29 is 0 Å². The van der Waals surface area contributed by atoms with Gasteiger partial charge in [0.1, 0.15) is 11.9 Å². The van der Waals surface area contributed by atoms with Gasteiger partial charge in [0.05, 0.1) is 18.4 Å². The number of nitrogens with one attached hydrogen (secondary N) is 1. The maximum absolute atomic E-state index is 8.65. The summed E-state index contributed by atoms with van der Waals surface area (Å²) >= 11 is 0. The van der Waals surface area contributed by atoms with E-state index in [0.717, 1.165) is 12.0 Å². The molecule has 2 aromatic heterocycles. The van der Waals surface area contributed by atoms with Gasteiger partial charge in [-0.2, -0.15) is 5.26 Å². The fraction of sp³-hybridized carbons (Fsp3) is 0.231. The molecule has 0 aliphatic heterocycles. The second-order valence-electron chi connectivity index (χ2n) is 3.78. The van der Waals surface area contributed by atoms with Gasteiger partial charge in [-0.3, -0.25) is 4.98 Å². The van der Waals surface area contributed by atoms with Gasteiger partial charge in [-0.25, -0.2) is 9.97 Å². The molecule has 18 heavy (non-hydrogen) atoms. The third-order valence-corrected chi connectivity index (χ3v) is 2.61. The lowest BCUT2D eigenvalue weighted by Gasteiger charge is -2.17. The molecular formula is C13H13N5. The van der Waals surface area contributed by atoms with Crippen molar-refractivity contribution >= 4 is 5.82 Å². The Labute approximate surface area is 106 Å².